The molecule has 0 aromatic heterocycles. The Morgan fingerprint density at radius 3 is 2.85 bits per heavy atom. The van der Waals surface area contributed by atoms with Crippen molar-refractivity contribution in [3.63, 3.8) is 0 Å². The summed E-state index contributed by atoms with van der Waals surface area (Å²) in [6.45, 7) is 2.47. The molecule has 0 radical (unpaired) electrons. The highest BCUT2D eigenvalue weighted by molar-refractivity contribution is 5.77. The molecule has 0 atom stereocenters. The van der Waals surface area contributed by atoms with Gasteiger partial charge in [-0.25, -0.2) is 0 Å². The SMILES string of the molecule is CN=C(N)N(C)CCOCC1CC1. The van der Waals surface area contributed by atoms with Gasteiger partial charge in [-0.2, -0.15) is 0 Å². The molecule has 4 heteroatoms. The molecule has 0 aromatic carbocycles. The van der Waals surface area contributed by atoms with Gasteiger partial charge in [-0.3, -0.25) is 4.99 Å². The Morgan fingerprint density at radius 1 is 1.62 bits per heavy atom. The maximum absolute atomic E-state index is 5.59. The number of hydrogen-bond acceptors (Lipinski definition) is 2. The molecule has 1 fully saturated rings. The van der Waals surface area contributed by atoms with E-state index in [4.69, 9.17) is 10.5 Å². The Hall–Kier alpha value is -0.770. The Morgan fingerprint density at radius 2 is 2.31 bits per heavy atom. The maximum Gasteiger partial charge on any atom is 0.190 e. The van der Waals surface area contributed by atoms with Gasteiger partial charge < -0.3 is 15.4 Å². The van der Waals surface area contributed by atoms with Crippen molar-refractivity contribution in [3.8, 4) is 0 Å². The van der Waals surface area contributed by atoms with Gasteiger partial charge in [0.25, 0.3) is 0 Å². The average molecular weight is 185 g/mol. The van der Waals surface area contributed by atoms with Crippen LogP contribution in [0.2, 0.25) is 0 Å². The van der Waals surface area contributed by atoms with Crippen molar-refractivity contribution >= 4 is 5.96 Å². The van der Waals surface area contributed by atoms with Gasteiger partial charge in [0, 0.05) is 27.2 Å². The molecule has 1 aliphatic carbocycles. The molecule has 13 heavy (non-hydrogen) atoms. The summed E-state index contributed by atoms with van der Waals surface area (Å²) in [5.41, 5.74) is 5.59. The van der Waals surface area contributed by atoms with E-state index in [0.717, 1.165) is 25.7 Å². The van der Waals surface area contributed by atoms with E-state index in [-0.39, 0.29) is 0 Å². The number of rotatable bonds is 5. The minimum Gasteiger partial charge on any atom is -0.379 e. The van der Waals surface area contributed by atoms with Crippen LogP contribution in [-0.4, -0.2) is 44.7 Å². The number of nitrogens with two attached hydrogens (primary N) is 1. The molecule has 0 saturated heterocycles. The van der Waals surface area contributed by atoms with Crippen molar-refractivity contribution in [2.45, 2.75) is 12.8 Å². The standard InChI is InChI=1S/C9H19N3O/c1-11-9(10)12(2)5-6-13-7-8-3-4-8/h8H,3-7H2,1-2H3,(H2,10,11). The summed E-state index contributed by atoms with van der Waals surface area (Å²) in [5, 5.41) is 0. The monoisotopic (exact) mass is 185 g/mol. The Balaban J connectivity index is 1.97. The lowest BCUT2D eigenvalue weighted by atomic mass is 10.5. The van der Waals surface area contributed by atoms with Gasteiger partial charge in [-0.15, -0.1) is 0 Å². The third-order valence-corrected chi connectivity index (χ3v) is 2.24. The fourth-order valence-corrected chi connectivity index (χ4v) is 1.02. The first-order chi connectivity index (χ1) is 6.24. The molecule has 0 unspecified atom stereocenters. The third-order valence-electron chi connectivity index (χ3n) is 2.24. The molecule has 0 aliphatic heterocycles. The van der Waals surface area contributed by atoms with E-state index >= 15 is 0 Å². The van der Waals surface area contributed by atoms with E-state index in [1.807, 2.05) is 11.9 Å². The van der Waals surface area contributed by atoms with E-state index < -0.39 is 0 Å². The van der Waals surface area contributed by atoms with Crippen LogP contribution in [0, 0.1) is 5.92 Å². The lowest BCUT2D eigenvalue weighted by Gasteiger charge is -2.17. The van der Waals surface area contributed by atoms with Gasteiger partial charge in [0.15, 0.2) is 5.96 Å². The molecule has 4 nitrogen and oxygen atoms in total. The van der Waals surface area contributed by atoms with Crippen molar-refractivity contribution in [2.75, 3.05) is 33.9 Å². The van der Waals surface area contributed by atoms with Crippen LogP contribution in [0.3, 0.4) is 0 Å². The lowest BCUT2D eigenvalue weighted by molar-refractivity contribution is 0.115. The zero-order valence-corrected chi connectivity index (χ0v) is 8.49. The lowest BCUT2D eigenvalue weighted by Crippen LogP contribution is -2.36. The van der Waals surface area contributed by atoms with Crippen LogP contribution in [0.5, 0.6) is 0 Å². The highest BCUT2D eigenvalue weighted by Gasteiger charge is 2.20. The van der Waals surface area contributed by atoms with E-state index in [1.54, 1.807) is 7.05 Å². The summed E-state index contributed by atoms with van der Waals surface area (Å²) in [5.74, 6) is 1.40. The largest absolute Gasteiger partial charge is 0.379 e. The molecule has 1 aliphatic rings. The van der Waals surface area contributed by atoms with Crippen LogP contribution >= 0.6 is 0 Å². The smallest absolute Gasteiger partial charge is 0.190 e. The van der Waals surface area contributed by atoms with Crippen molar-refractivity contribution in [1.82, 2.24) is 4.90 Å². The maximum atomic E-state index is 5.59. The Bertz CT molecular complexity index is 178. The van der Waals surface area contributed by atoms with Crippen LogP contribution < -0.4 is 5.73 Å². The van der Waals surface area contributed by atoms with Crippen molar-refractivity contribution in [2.24, 2.45) is 16.6 Å². The van der Waals surface area contributed by atoms with Gasteiger partial charge in [-0.1, -0.05) is 0 Å². The van der Waals surface area contributed by atoms with Crippen molar-refractivity contribution in [1.29, 1.82) is 0 Å². The fourth-order valence-electron chi connectivity index (χ4n) is 1.02. The Kier molecular flexibility index (Phi) is 4.02. The van der Waals surface area contributed by atoms with E-state index in [2.05, 4.69) is 4.99 Å². The molecule has 0 bridgehead atoms. The normalized spacial score (nSPS) is 17.5. The minimum atomic E-state index is 0.565. The number of aliphatic imine (C=N–C) groups is 1. The summed E-state index contributed by atoms with van der Waals surface area (Å²) in [6, 6.07) is 0. The second-order valence-corrected chi connectivity index (χ2v) is 3.52. The summed E-state index contributed by atoms with van der Waals surface area (Å²) in [4.78, 5) is 5.78. The zero-order valence-electron chi connectivity index (χ0n) is 8.49. The van der Waals surface area contributed by atoms with E-state index in [1.165, 1.54) is 12.8 Å². The Labute approximate surface area is 79.8 Å². The highest BCUT2D eigenvalue weighted by Crippen LogP contribution is 2.28. The minimum absolute atomic E-state index is 0.565. The third kappa shape index (κ3) is 4.12. The molecule has 1 saturated carbocycles. The molecule has 1 rings (SSSR count). The predicted octanol–water partition coefficient (Wildman–Crippen LogP) is 0.289. The molecular weight excluding hydrogens is 166 g/mol. The second-order valence-electron chi connectivity index (χ2n) is 3.52. The zero-order chi connectivity index (χ0) is 9.68. The molecule has 0 aromatic rings. The summed E-state index contributed by atoms with van der Waals surface area (Å²) < 4.78 is 5.47. The summed E-state index contributed by atoms with van der Waals surface area (Å²) in [7, 11) is 3.61. The molecule has 0 spiro atoms. The molecule has 0 heterocycles. The summed E-state index contributed by atoms with van der Waals surface area (Å²) in [6.07, 6.45) is 2.68. The van der Waals surface area contributed by atoms with Crippen LogP contribution in [0.15, 0.2) is 4.99 Å². The number of hydrogen-bond donors (Lipinski definition) is 1. The van der Waals surface area contributed by atoms with E-state index in [9.17, 15) is 0 Å². The second kappa shape index (κ2) is 5.07. The molecular formula is C9H19N3O. The number of likely N-dealkylation sites (N-methyl/N-ethyl adjacent to an activating group) is 1. The molecule has 0 amide bonds. The first-order valence-corrected chi connectivity index (χ1v) is 4.75. The molecule has 2 N–H and O–H groups in total. The number of ether oxygens (including phenoxy) is 1. The van der Waals surface area contributed by atoms with Gasteiger partial charge in [0.1, 0.15) is 0 Å². The summed E-state index contributed by atoms with van der Waals surface area (Å²) >= 11 is 0. The van der Waals surface area contributed by atoms with Crippen LogP contribution in [0.1, 0.15) is 12.8 Å². The quantitative estimate of drug-likeness (QED) is 0.380. The van der Waals surface area contributed by atoms with Crippen LogP contribution in [-0.2, 0) is 4.74 Å². The first-order valence-electron chi connectivity index (χ1n) is 4.75. The van der Waals surface area contributed by atoms with Gasteiger partial charge in [0.2, 0.25) is 0 Å². The first kappa shape index (κ1) is 10.3. The number of nitrogens with zero attached hydrogens (tertiary/aromatic N) is 2. The average Bonchev–Trinajstić information content (AvgIpc) is 2.94. The predicted molar refractivity (Wildman–Crippen MR) is 53.7 cm³/mol. The highest BCUT2D eigenvalue weighted by atomic mass is 16.5. The van der Waals surface area contributed by atoms with Crippen molar-refractivity contribution in [3.05, 3.63) is 0 Å². The van der Waals surface area contributed by atoms with Crippen LogP contribution in [0.4, 0.5) is 0 Å². The number of guanidine groups is 1. The van der Waals surface area contributed by atoms with Gasteiger partial charge >= 0.3 is 0 Å². The van der Waals surface area contributed by atoms with Crippen LogP contribution in [0.25, 0.3) is 0 Å². The fraction of sp³-hybridized carbons (Fsp3) is 0.889. The topological polar surface area (TPSA) is 50.8 Å². The van der Waals surface area contributed by atoms with Crippen molar-refractivity contribution < 1.29 is 4.74 Å². The van der Waals surface area contributed by atoms with Gasteiger partial charge in [0.05, 0.1) is 6.61 Å². The molecule has 76 valence electrons. The van der Waals surface area contributed by atoms with E-state index in [0.29, 0.717) is 5.96 Å². The van der Waals surface area contributed by atoms with Gasteiger partial charge in [-0.05, 0) is 18.8 Å².